The van der Waals surface area contributed by atoms with E-state index in [1.807, 2.05) is 0 Å². The number of ether oxygens (including phenoxy) is 1. The SMILES string of the molecule is CC(C)(C)NC(=O)C(=O)N1C[C@@H]2CCC[C@@H]2[C@H]1C(=O)NC(Cc1ccc[nH]c1=O)C(=O)COC(F)(F)F. The van der Waals surface area contributed by atoms with Gasteiger partial charge in [0, 0.05) is 30.3 Å². The van der Waals surface area contributed by atoms with Gasteiger partial charge in [-0.3, -0.25) is 28.7 Å². The molecule has 2 heterocycles. The first-order chi connectivity index (χ1) is 17.2. The minimum Gasteiger partial charge on any atom is -0.344 e. The molecule has 13 heteroatoms. The number of aromatic nitrogens is 1. The fraction of sp³-hybridized carbons (Fsp3) is 0.625. The van der Waals surface area contributed by atoms with Crippen LogP contribution in [0.15, 0.2) is 23.1 Å². The minimum absolute atomic E-state index is 0.0261. The highest BCUT2D eigenvalue weighted by Gasteiger charge is 2.51. The second-order valence-electron chi connectivity index (χ2n) is 10.5. The van der Waals surface area contributed by atoms with Crippen LogP contribution in [-0.4, -0.2) is 70.5 Å². The molecule has 1 aromatic heterocycles. The summed E-state index contributed by atoms with van der Waals surface area (Å²) >= 11 is 0. The highest BCUT2D eigenvalue weighted by Crippen LogP contribution is 2.42. The molecule has 3 amide bonds. The summed E-state index contributed by atoms with van der Waals surface area (Å²) < 4.78 is 41.3. The van der Waals surface area contributed by atoms with E-state index in [4.69, 9.17) is 0 Å². The highest BCUT2D eigenvalue weighted by atomic mass is 19.4. The van der Waals surface area contributed by atoms with Crippen LogP contribution < -0.4 is 16.2 Å². The van der Waals surface area contributed by atoms with Gasteiger partial charge in [-0.1, -0.05) is 12.5 Å². The van der Waals surface area contributed by atoms with Crippen molar-refractivity contribution in [3.05, 3.63) is 34.2 Å². The summed E-state index contributed by atoms with van der Waals surface area (Å²) in [7, 11) is 0. The van der Waals surface area contributed by atoms with Crippen LogP contribution >= 0.6 is 0 Å². The van der Waals surface area contributed by atoms with Gasteiger partial charge in [-0.05, 0) is 51.5 Å². The van der Waals surface area contributed by atoms with Crippen molar-refractivity contribution in [3.63, 3.8) is 0 Å². The minimum atomic E-state index is -5.07. The van der Waals surface area contributed by atoms with Crippen LogP contribution in [-0.2, 0) is 30.3 Å². The van der Waals surface area contributed by atoms with E-state index in [9.17, 15) is 37.1 Å². The van der Waals surface area contributed by atoms with E-state index in [-0.39, 0.29) is 30.4 Å². The Hall–Kier alpha value is -3.22. The molecule has 1 saturated carbocycles. The molecule has 0 bridgehead atoms. The third kappa shape index (κ3) is 7.40. The molecule has 3 rings (SSSR count). The van der Waals surface area contributed by atoms with Gasteiger partial charge in [-0.25, -0.2) is 0 Å². The number of fused-ring (bicyclic) bond motifs is 1. The van der Waals surface area contributed by atoms with Crippen molar-refractivity contribution in [1.82, 2.24) is 20.5 Å². The van der Waals surface area contributed by atoms with Crippen LogP contribution in [0.5, 0.6) is 0 Å². The van der Waals surface area contributed by atoms with E-state index in [1.165, 1.54) is 23.2 Å². The van der Waals surface area contributed by atoms with Crippen LogP contribution in [0.4, 0.5) is 13.2 Å². The first kappa shape index (κ1) is 28.4. The fourth-order valence-electron chi connectivity index (χ4n) is 4.97. The van der Waals surface area contributed by atoms with Gasteiger partial charge in [-0.2, -0.15) is 0 Å². The number of amides is 3. The Labute approximate surface area is 211 Å². The maximum Gasteiger partial charge on any atom is 0.522 e. The Balaban J connectivity index is 1.84. The van der Waals surface area contributed by atoms with Crippen molar-refractivity contribution >= 4 is 23.5 Å². The Kier molecular flexibility index (Phi) is 8.45. The van der Waals surface area contributed by atoms with Crippen molar-refractivity contribution in [3.8, 4) is 0 Å². The van der Waals surface area contributed by atoms with Crippen LogP contribution in [0.3, 0.4) is 0 Å². The van der Waals surface area contributed by atoms with Gasteiger partial charge in [0.2, 0.25) is 5.91 Å². The summed E-state index contributed by atoms with van der Waals surface area (Å²) in [6, 6.07) is 0.240. The number of carbonyl (C=O) groups excluding carboxylic acids is 4. The molecule has 3 N–H and O–H groups in total. The second kappa shape index (κ2) is 11.0. The largest absolute Gasteiger partial charge is 0.522 e. The maximum absolute atomic E-state index is 13.5. The number of hydrogen-bond acceptors (Lipinski definition) is 6. The summed E-state index contributed by atoms with van der Waals surface area (Å²) in [5.41, 5.74) is -1.20. The van der Waals surface area contributed by atoms with Crippen LogP contribution in [0, 0.1) is 11.8 Å². The molecule has 0 spiro atoms. The number of alkyl halides is 3. The first-order valence-electron chi connectivity index (χ1n) is 12.0. The van der Waals surface area contributed by atoms with Crippen molar-refractivity contribution in [2.45, 2.75) is 70.4 Å². The lowest BCUT2D eigenvalue weighted by atomic mass is 9.93. The van der Waals surface area contributed by atoms with Crippen molar-refractivity contribution in [2.24, 2.45) is 11.8 Å². The van der Waals surface area contributed by atoms with Gasteiger partial charge < -0.3 is 20.5 Å². The third-order valence-electron chi connectivity index (χ3n) is 6.51. The van der Waals surface area contributed by atoms with Gasteiger partial charge in [0.05, 0.1) is 6.04 Å². The summed E-state index contributed by atoms with van der Waals surface area (Å²) in [6.45, 7) is 3.91. The maximum atomic E-state index is 13.5. The number of likely N-dealkylation sites (tertiary alicyclic amines) is 1. The van der Waals surface area contributed by atoms with E-state index >= 15 is 0 Å². The second-order valence-corrected chi connectivity index (χ2v) is 10.5. The molecule has 0 aromatic carbocycles. The number of hydrogen-bond donors (Lipinski definition) is 3. The lowest BCUT2D eigenvalue weighted by Gasteiger charge is -2.29. The number of pyridine rings is 1. The smallest absolute Gasteiger partial charge is 0.344 e. The molecule has 1 unspecified atom stereocenters. The molecule has 1 aromatic rings. The number of Topliss-reactive ketones (excluding diaryl/α,β-unsaturated/α-hetero) is 1. The molecule has 1 aliphatic carbocycles. The number of nitrogens with one attached hydrogen (secondary N) is 3. The van der Waals surface area contributed by atoms with Gasteiger partial charge in [0.25, 0.3) is 5.56 Å². The van der Waals surface area contributed by atoms with E-state index < -0.39 is 59.7 Å². The summed E-state index contributed by atoms with van der Waals surface area (Å²) in [4.78, 5) is 67.4. The third-order valence-corrected chi connectivity index (χ3v) is 6.51. The number of nitrogens with zero attached hydrogens (tertiary/aromatic N) is 1. The Morgan fingerprint density at radius 2 is 1.89 bits per heavy atom. The number of carbonyl (C=O) groups is 4. The molecule has 1 saturated heterocycles. The van der Waals surface area contributed by atoms with Crippen LogP contribution in [0.25, 0.3) is 0 Å². The number of rotatable bonds is 7. The zero-order valence-corrected chi connectivity index (χ0v) is 20.8. The van der Waals surface area contributed by atoms with Gasteiger partial charge in [0.1, 0.15) is 12.6 Å². The molecule has 0 radical (unpaired) electrons. The normalized spacial score (nSPS) is 22.3. The van der Waals surface area contributed by atoms with E-state index in [0.29, 0.717) is 6.42 Å². The predicted molar refractivity (Wildman–Crippen MR) is 124 cm³/mol. The number of aromatic amines is 1. The summed E-state index contributed by atoms with van der Waals surface area (Å²) in [6.07, 6.45) is -1.93. The van der Waals surface area contributed by atoms with E-state index in [2.05, 4.69) is 20.4 Å². The molecule has 10 nitrogen and oxygen atoms in total. The Bertz CT molecular complexity index is 1100. The summed E-state index contributed by atoms with van der Waals surface area (Å²) in [5.74, 6) is -3.95. The summed E-state index contributed by atoms with van der Waals surface area (Å²) in [5, 5.41) is 5.01. The fourth-order valence-corrected chi connectivity index (χ4v) is 4.97. The highest BCUT2D eigenvalue weighted by molar-refractivity contribution is 6.35. The van der Waals surface area contributed by atoms with E-state index in [0.717, 1.165) is 12.8 Å². The molecule has 2 aliphatic rings. The predicted octanol–water partition coefficient (Wildman–Crippen LogP) is 1.05. The van der Waals surface area contributed by atoms with Crippen molar-refractivity contribution in [2.75, 3.05) is 13.2 Å². The standard InChI is InChI=1S/C24H31F3N4O6/c1-23(2,3)30-21(35)22(36)31-11-14-6-4-8-15(14)18(31)20(34)29-16(17(32)12-37-24(25,26)27)10-13-7-5-9-28-19(13)33/h5,7,9,14-16,18H,4,6,8,10-12H2,1-3H3,(H,28,33)(H,29,34)(H,30,35)/t14-,15-,16?,18-/m0/s1. The monoisotopic (exact) mass is 528 g/mol. The Morgan fingerprint density at radius 1 is 1.19 bits per heavy atom. The zero-order chi connectivity index (χ0) is 27.5. The Morgan fingerprint density at radius 3 is 2.51 bits per heavy atom. The quantitative estimate of drug-likeness (QED) is 0.453. The number of ketones is 1. The molecule has 204 valence electrons. The molecule has 2 fully saturated rings. The van der Waals surface area contributed by atoms with Crippen molar-refractivity contribution in [1.29, 1.82) is 0 Å². The topological polar surface area (TPSA) is 138 Å². The molecular formula is C24H31F3N4O6. The van der Waals surface area contributed by atoms with Crippen LogP contribution in [0.2, 0.25) is 0 Å². The molecule has 1 aliphatic heterocycles. The van der Waals surface area contributed by atoms with E-state index in [1.54, 1.807) is 20.8 Å². The average molecular weight is 529 g/mol. The average Bonchev–Trinajstić information content (AvgIpc) is 3.37. The van der Waals surface area contributed by atoms with Crippen LogP contribution in [0.1, 0.15) is 45.6 Å². The first-order valence-corrected chi connectivity index (χ1v) is 12.0. The van der Waals surface area contributed by atoms with Crippen molar-refractivity contribution < 1.29 is 37.1 Å². The lowest BCUT2D eigenvalue weighted by molar-refractivity contribution is -0.321. The molecule has 37 heavy (non-hydrogen) atoms. The number of H-pyrrole nitrogens is 1. The van der Waals surface area contributed by atoms with Gasteiger partial charge in [-0.15, -0.1) is 13.2 Å². The number of halogens is 3. The molecule has 4 atom stereocenters. The van der Waals surface area contributed by atoms with Gasteiger partial charge >= 0.3 is 18.2 Å². The zero-order valence-electron chi connectivity index (χ0n) is 20.8. The molecular weight excluding hydrogens is 497 g/mol. The lowest BCUT2D eigenvalue weighted by Crippen LogP contribution is -2.57. The van der Waals surface area contributed by atoms with Gasteiger partial charge in [0.15, 0.2) is 5.78 Å².